The zero-order valence-electron chi connectivity index (χ0n) is 17.7. The number of likely N-dealkylation sites (tertiary alicyclic amines) is 1. The number of methoxy groups -OCH3 is 1. The summed E-state index contributed by atoms with van der Waals surface area (Å²) in [7, 11) is 1.68. The number of benzene rings is 1. The van der Waals surface area contributed by atoms with Crippen LogP contribution in [0.4, 0.5) is 0 Å². The number of thiazole rings is 1. The Morgan fingerprint density at radius 2 is 2.00 bits per heavy atom. The molecule has 0 N–H and O–H groups in total. The third-order valence-corrected chi connectivity index (χ3v) is 6.66. The predicted octanol–water partition coefficient (Wildman–Crippen LogP) is 2.33. The monoisotopic (exact) mass is 452 g/mol. The molecule has 10 nitrogen and oxygen atoms in total. The summed E-state index contributed by atoms with van der Waals surface area (Å²) in [5.41, 5.74) is 1.84. The number of aliphatic imine (C=N–C) groups is 2. The molecular formula is C21H24N8O2S. The van der Waals surface area contributed by atoms with Gasteiger partial charge in [0.05, 0.1) is 22.9 Å². The van der Waals surface area contributed by atoms with E-state index in [0.29, 0.717) is 19.1 Å². The highest BCUT2D eigenvalue weighted by molar-refractivity contribution is 7.09. The van der Waals surface area contributed by atoms with E-state index in [1.54, 1.807) is 29.5 Å². The van der Waals surface area contributed by atoms with Gasteiger partial charge >= 0.3 is 0 Å². The van der Waals surface area contributed by atoms with Gasteiger partial charge in [0.2, 0.25) is 5.96 Å². The molecule has 0 radical (unpaired) electrons. The van der Waals surface area contributed by atoms with Crippen LogP contribution >= 0.6 is 11.3 Å². The molecule has 1 fully saturated rings. The quantitative estimate of drug-likeness (QED) is 0.565. The summed E-state index contributed by atoms with van der Waals surface area (Å²) in [6.07, 6.45) is 5.50. The molecule has 2 aliphatic rings. The second kappa shape index (κ2) is 9.53. The maximum absolute atomic E-state index is 5.91. The molecule has 1 saturated heterocycles. The van der Waals surface area contributed by atoms with Gasteiger partial charge in [-0.2, -0.15) is 0 Å². The first kappa shape index (κ1) is 20.7. The van der Waals surface area contributed by atoms with Crippen LogP contribution in [-0.2, 0) is 11.3 Å². The number of tetrazole rings is 1. The van der Waals surface area contributed by atoms with Gasteiger partial charge in [-0.05, 0) is 47.5 Å². The van der Waals surface area contributed by atoms with E-state index in [2.05, 4.69) is 35.8 Å². The Kier molecular flexibility index (Phi) is 6.17. The van der Waals surface area contributed by atoms with Gasteiger partial charge in [-0.3, -0.25) is 0 Å². The van der Waals surface area contributed by atoms with E-state index in [-0.39, 0.29) is 6.10 Å². The molecular weight excluding hydrogens is 428 g/mol. The molecule has 3 aromatic rings. The molecule has 2 aliphatic heterocycles. The molecule has 4 heterocycles. The summed E-state index contributed by atoms with van der Waals surface area (Å²) in [6.45, 7) is 2.98. The average molecular weight is 453 g/mol. The number of guanidine groups is 1. The Hall–Kier alpha value is -3.18. The van der Waals surface area contributed by atoms with E-state index in [4.69, 9.17) is 14.5 Å². The lowest BCUT2D eigenvalue weighted by Crippen LogP contribution is -2.39. The number of hydrogen-bond donors (Lipinski definition) is 0. The van der Waals surface area contributed by atoms with Gasteiger partial charge in [0.25, 0.3) is 0 Å². The van der Waals surface area contributed by atoms with E-state index >= 15 is 0 Å². The number of aromatic nitrogens is 5. The summed E-state index contributed by atoms with van der Waals surface area (Å²) in [4.78, 5) is 16.1. The molecule has 32 heavy (non-hydrogen) atoms. The summed E-state index contributed by atoms with van der Waals surface area (Å²) in [5, 5.41) is 14.5. The van der Waals surface area contributed by atoms with Crippen molar-refractivity contribution in [3.63, 3.8) is 0 Å². The number of piperidine rings is 1. The third kappa shape index (κ3) is 4.68. The average Bonchev–Trinajstić information content (AvgIpc) is 3.56. The van der Waals surface area contributed by atoms with Crippen molar-refractivity contribution in [1.29, 1.82) is 0 Å². The van der Waals surface area contributed by atoms with Crippen LogP contribution in [0.2, 0.25) is 0 Å². The highest BCUT2D eigenvalue weighted by atomic mass is 32.1. The predicted molar refractivity (Wildman–Crippen MR) is 121 cm³/mol. The lowest BCUT2D eigenvalue weighted by molar-refractivity contribution is 0.164. The van der Waals surface area contributed by atoms with E-state index in [9.17, 15) is 0 Å². The zero-order chi connectivity index (χ0) is 21.8. The van der Waals surface area contributed by atoms with E-state index < -0.39 is 0 Å². The molecule has 1 atom stereocenters. The Bertz CT molecular complexity index is 1070. The highest BCUT2D eigenvalue weighted by Gasteiger charge is 2.25. The Morgan fingerprint density at radius 1 is 1.16 bits per heavy atom. The van der Waals surface area contributed by atoms with Crippen molar-refractivity contribution in [2.45, 2.75) is 31.5 Å². The van der Waals surface area contributed by atoms with E-state index in [1.165, 1.54) is 5.01 Å². The minimum absolute atomic E-state index is 0.00354. The van der Waals surface area contributed by atoms with Crippen LogP contribution in [0.25, 0.3) is 5.69 Å². The topological polar surface area (TPSA) is 103 Å². The zero-order valence-corrected chi connectivity index (χ0v) is 18.6. The van der Waals surface area contributed by atoms with Gasteiger partial charge < -0.3 is 14.4 Å². The standard InChI is InChI=1S/C21H24N8O2S/c1-30-19-10-22-21(23-11-19)28-8-6-15(7-9-28)20-25-16(13-32-20)12-31-18-4-2-17(3-5-18)29-14-24-26-27-29/h2-5,10,13-15,19H,6-9,11-12H2,1H3. The number of nitrogens with zero attached hydrogens (tertiary/aromatic N) is 8. The van der Waals surface area contributed by atoms with Gasteiger partial charge in [-0.25, -0.2) is 19.7 Å². The van der Waals surface area contributed by atoms with Crippen LogP contribution in [0.15, 0.2) is 46.0 Å². The molecule has 0 saturated carbocycles. The van der Waals surface area contributed by atoms with Crippen molar-refractivity contribution < 1.29 is 9.47 Å². The molecule has 0 bridgehead atoms. The van der Waals surface area contributed by atoms with Crippen molar-refractivity contribution >= 4 is 23.5 Å². The number of hydrogen-bond acceptors (Lipinski definition) is 10. The number of rotatable bonds is 6. The summed E-state index contributed by atoms with van der Waals surface area (Å²) in [6, 6.07) is 7.65. The van der Waals surface area contributed by atoms with Crippen LogP contribution in [0.1, 0.15) is 29.5 Å². The van der Waals surface area contributed by atoms with Crippen molar-refractivity contribution in [1.82, 2.24) is 30.1 Å². The smallest absolute Gasteiger partial charge is 0.220 e. The lowest BCUT2D eigenvalue weighted by atomic mass is 9.98. The lowest BCUT2D eigenvalue weighted by Gasteiger charge is -2.32. The first-order chi connectivity index (χ1) is 15.8. The molecule has 11 heteroatoms. The van der Waals surface area contributed by atoms with Gasteiger partial charge in [0.15, 0.2) is 0 Å². The molecule has 0 amide bonds. The Balaban J connectivity index is 1.11. The number of ether oxygens (including phenoxy) is 2. The maximum atomic E-state index is 5.91. The molecule has 1 aromatic carbocycles. The SMILES string of the molecule is COC1C=NC(N2CCC(c3nc(COc4ccc(-n5cnnn5)cc4)cs3)CC2)=NC1. The fourth-order valence-electron chi connectivity index (χ4n) is 3.76. The molecule has 0 spiro atoms. The Morgan fingerprint density at radius 3 is 2.69 bits per heavy atom. The van der Waals surface area contributed by atoms with Crippen LogP contribution in [0.3, 0.4) is 0 Å². The van der Waals surface area contributed by atoms with Gasteiger partial charge in [0, 0.05) is 37.7 Å². The van der Waals surface area contributed by atoms with Crippen molar-refractivity contribution in [2.24, 2.45) is 9.98 Å². The summed E-state index contributed by atoms with van der Waals surface area (Å²) >= 11 is 1.72. The van der Waals surface area contributed by atoms with Crippen LogP contribution in [0, 0.1) is 0 Å². The molecule has 0 aliphatic carbocycles. The second-order valence-corrected chi connectivity index (χ2v) is 8.56. The minimum atomic E-state index is -0.00354. The van der Waals surface area contributed by atoms with Crippen LogP contribution in [0.5, 0.6) is 5.75 Å². The van der Waals surface area contributed by atoms with Gasteiger partial charge in [-0.15, -0.1) is 16.4 Å². The highest BCUT2D eigenvalue weighted by Crippen LogP contribution is 2.31. The van der Waals surface area contributed by atoms with E-state index in [1.807, 2.05) is 30.5 Å². The largest absolute Gasteiger partial charge is 0.487 e. The van der Waals surface area contributed by atoms with E-state index in [0.717, 1.165) is 49.0 Å². The fourth-order valence-corrected chi connectivity index (χ4v) is 4.74. The first-order valence-corrected chi connectivity index (χ1v) is 11.4. The van der Waals surface area contributed by atoms with Crippen molar-refractivity contribution in [3.8, 4) is 11.4 Å². The van der Waals surface area contributed by atoms with Gasteiger partial charge in [-0.1, -0.05) is 0 Å². The van der Waals surface area contributed by atoms with Crippen LogP contribution in [-0.4, -0.2) is 75.1 Å². The molecule has 5 rings (SSSR count). The van der Waals surface area contributed by atoms with Crippen molar-refractivity contribution in [2.75, 3.05) is 26.7 Å². The van der Waals surface area contributed by atoms with Crippen LogP contribution < -0.4 is 4.74 Å². The minimum Gasteiger partial charge on any atom is -0.487 e. The second-order valence-electron chi connectivity index (χ2n) is 7.67. The Labute approximate surface area is 189 Å². The molecule has 166 valence electrons. The summed E-state index contributed by atoms with van der Waals surface area (Å²) < 4.78 is 12.8. The third-order valence-electron chi connectivity index (χ3n) is 5.61. The summed E-state index contributed by atoms with van der Waals surface area (Å²) in [5.74, 6) is 2.09. The first-order valence-electron chi connectivity index (χ1n) is 10.6. The maximum Gasteiger partial charge on any atom is 0.220 e. The molecule has 1 unspecified atom stereocenters. The fraction of sp³-hybridized carbons (Fsp3) is 0.429. The van der Waals surface area contributed by atoms with Gasteiger partial charge in [0.1, 0.15) is 24.8 Å². The normalized spacial score (nSPS) is 19.2. The molecule has 2 aromatic heterocycles. The van der Waals surface area contributed by atoms with Crippen molar-refractivity contribution in [3.05, 3.63) is 46.7 Å².